The molecule has 0 fully saturated rings. The summed E-state index contributed by atoms with van der Waals surface area (Å²) in [5.41, 5.74) is -1.93. The van der Waals surface area contributed by atoms with Crippen molar-refractivity contribution in [3.8, 4) is 11.5 Å². The van der Waals surface area contributed by atoms with Crippen molar-refractivity contribution < 1.29 is 19.0 Å². The molecule has 0 saturated carbocycles. The molecule has 0 bridgehead atoms. The van der Waals surface area contributed by atoms with Crippen molar-refractivity contribution in [2.45, 2.75) is 19.8 Å². The first-order valence-corrected chi connectivity index (χ1v) is 8.56. The largest absolute Gasteiger partial charge is 0.507 e. The minimum Gasteiger partial charge on any atom is -0.507 e. The highest BCUT2D eigenvalue weighted by Crippen LogP contribution is 2.39. The molecule has 140 valence electrons. The van der Waals surface area contributed by atoms with Crippen LogP contribution >= 0.6 is 23.2 Å². The molecular weight excluding hydrogens is 395 g/mol. The van der Waals surface area contributed by atoms with E-state index in [1.165, 1.54) is 44.2 Å². The van der Waals surface area contributed by atoms with Gasteiger partial charge in [-0.05, 0) is 37.6 Å². The predicted molar refractivity (Wildman–Crippen MR) is 100 cm³/mol. The standard InChI is InChI=1S/C19H14Cl2O6/c1-8-3-13(22)16(18(24)26-8)15(10-5-11(20)7-12(21)6-10)17-14(23)4-9(2)27-19(17)25/h3-7,15,22-23H,1-2H3. The average molecular weight is 409 g/mol. The number of hydrogen-bond acceptors (Lipinski definition) is 6. The zero-order valence-corrected chi connectivity index (χ0v) is 15.8. The number of aryl methyl sites for hydroxylation is 2. The van der Waals surface area contributed by atoms with Crippen molar-refractivity contribution >= 4 is 23.2 Å². The van der Waals surface area contributed by atoms with Crippen LogP contribution in [0.4, 0.5) is 0 Å². The minimum atomic E-state index is -1.21. The van der Waals surface area contributed by atoms with E-state index in [4.69, 9.17) is 32.0 Å². The summed E-state index contributed by atoms with van der Waals surface area (Å²) in [4.78, 5) is 25.0. The highest BCUT2D eigenvalue weighted by atomic mass is 35.5. The van der Waals surface area contributed by atoms with Gasteiger partial charge in [0.1, 0.15) is 23.0 Å². The quantitative estimate of drug-likeness (QED) is 0.675. The van der Waals surface area contributed by atoms with Crippen molar-refractivity contribution in [1.29, 1.82) is 0 Å². The number of aromatic hydroxyl groups is 2. The van der Waals surface area contributed by atoms with Gasteiger partial charge in [-0.25, -0.2) is 9.59 Å². The molecule has 0 aliphatic rings. The first kappa shape index (κ1) is 19.1. The van der Waals surface area contributed by atoms with Crippen LogP contribution in [0.2, 0.25) is 10.0 Å². The van der Waals surface area contributed by atoms with Gasteiger partial charge in [0.25, 0.3) is 0 Å². The molecule has 27 heavy (non-hydrogen) atoms. The molecule has 0 aliphatic carbocycles. The van der Waals surface area contributed by atoms with E-state index in [-0.39, 0.29) is 32.7 Å². The summed E-state index contributed by atoms with van der Waals surface area (Å²) in [5, 5.41) is 21.3. The van der Waals surface area contributed by atoms with E-state index >= 15 is 0 Å². The van der Waals surface area contributed by atoms with Gasteiger partial charge in [-0.15, -0.1) is 0 Å². The molecule has 3 aromatic rings. The third-order valence-corrected chi connectivity index (χ3v) is 4.41. The Kier molecular flexibility index (Phi) is 5.04. The van der Waals surface area contributed by atoms with E-state index in [9.17, 15) is 19.8 Å². The monoisotopic (exact) mass is 408 g/mol. The maximum Gasteiger partial charge on any atom is 0.343 e. The minimum absolute atomic E-state index is 0.185. The number of rotatable bonds is 3. The Morgan fingerprint density at radius 3 is 1.56 bits per heavy atom. The highest BCUT2D eigenvalue weighted by Gasteiger charge is 2.31. The lowest BCUT2D eigenvalue weighted by molar-refractivity contribution is 0.407. The second-order valence-corrected chi connectivity index (χ2v) is 6.90. The lowest BCUT2D eigenvalue weighted by Gasteiger charge is -2.19. The van der Waals surface area contributed by atoms with E-state index < -0.39 is 28.7 Å². The molecule has 0 spiro atoms. The molecular formula is C19H14Cl2O6. The van der Waals surface area contributed by atoms with E-state index in [1.807, 2.05) is 0 Å². The Hall–Kier alpha value is -2.70. The van der Waals surface area contributed by atoms with E-state index in [1.54, 1.807) is 0 Å². The van der Waals surface area contributed by atoms with Gasteiger partial charge < -0.3 is 19.0 Å². The maximum atomic E-state index is 12.5. The zero-order valence-electron chi connectivity index (χ0n) is 14.2. The summed E-state index contributed by atoms with van der Waals surface area (Å²) in [6.45, 7) is 2.99. The fraction of sp³-hybridized carbons (Fsp3) is 0.158. The fourth-order valence-electron chi connectivity index (χ4n) is 2.96. The smallest absolute Gasteiger partial charge is 0.343 e. The van der Waals surface area contributed by atoms with Crippen LogP contribution in [0.25, 0.3) is 0 Å². The van der Waals surface area contributed by atoms with Crippen molar-refractivity contribution in [1.82, 2.24) is 0 Å². The predicted octanol–water partition coefficient (Wildman–Crippen LogP) is 4.11. The number of hydrogen-bond donors (Lipinski definition) is 2. The molecule has 0 atom stereocenters. The molecule has 0 amide bonds. The summed E-state index contributed by atoms with van der Waals surface area (Å²) in [6.07, 6.45) is 0. The van der Waals surface area contributed by atoms with E-state index in [2.05, 4.69) is 0 Å². The van der Waals surface area contributed by atoms with Crippen LogP contribution in [-0.2, 0) is 0 Å². The lowest BCUT2D eigenvalue weighted by atomic mass is 9.85. The van der Waals surface area contributed by atoms with Gasteiger partial charge in [0.2, 0.25) is 0 Å². The van der Waals surface area contributed by atoms with E-state index in [0.717, 1.165) is 0 Å². The van der Waals surface area contributed by atoms with Gasteiger partial charge in [0, 0.05) is 22.2 Å². The van der Waals surface area contributed by atoms with Gasteiger partial charge >= 0.3 is 11.3 Å². The van der Waals surface area contributed by atoms with Crippen molar-refractivity contribution in [2.75, 3.05) is 0 Å². The first-order valence-electron chi connectivity index (χ1n) is 7.80. The van der Waals surface area contributed by atoms with Crippen LogP contribution < -0.4 is 11.3 Å². The van der Waals surface area contributed by atoms with Crippen molar-refractivity contribution in [3.63, 3.8) is 0 Å². The van der Waals surface area contributed by atoms with Crippen LogP contribution in [0, 0.1) is 13.8 Å². The van der Waals surface area contributed by atoms with Gasteiger partial charge in [-0.1, -0.05) is 23.2 Å². The van der Waals surface area contributed by atoms with Crippen LogP contribution in [0.5, 0.6) is 11.5 Å². The average Bonchev–Trinajstić information content (AvgIpc) is 2.50. The van der Waals surface area contributed by atoms with Crippen LogP contribution in [0.1, 0.15) is 34.1 Å². The Morgan fingerprint density at radius 1 is 0.778 bits per heavy atom. The van der Waals surface area contributed by atoms with Crippen LogP contribution in [0.3, 0.4) is 0 Å². The second-order valence-electron chi connectivity index (χ2n) is 6.02. The summed E-state index contributed by atoms with van der Waals surface area (Å²) in [6, 6.07) is 6.88. The number of halogens is 2. The third kappa shape index (κ3) is 3.72. The molecule has 2 heterocycles. The molecule has 2 N–H and O–H groups in total. The van der Waals surface area contributed by atoms with Gasteiger partial charge in [0.15, 0.2) is 0 Å². The third-order valence-electron chi connectivity index (χ3n) is 3.97. The molecule has 0 unspecified atom stereocenters. The van der Waals surface area contributed by atoms with Crippen LogP contribution in [0.15, 0.2) is 48.8 Å². The van der Waals surface area contributed by atoms with E-state index in [0.29, 0.717) is 5.56 Å². The molecule has 2 aromatic heterocycles. The summed E-state index contributed by atoms with van der Waals surface area (Å²) < 4.78 is 10.2. The molecule has 6 nitrogen and oxygen atoms in total. The molecule has 0 aliphatic heterocycles. The zero-order chi connectivity index (χ0) is 19.9. The second kappa shape index (κ2) is 7.13. The fourth-order valence-corrected chi connectivity index (χ4v) is 3.50. The molecule has 8 heteroatoms. The van der Waals surface area contributed by atoms with Crippen molar-refractivity contribution in [3.05, 3.63) is 89.4 Å². The van der Waals surface area contributed by atoms with Gasteiger partial charge in [0.05, 0.1) is 17.0 Å². The Balaban J connectivity index is 2.43. The molecule has 3 rings (SSSR count). The van der Waals surface area contributed by atoms with Crippen molar-refractivity contribution in [2.24, 2.45) is 0 Å². The summed E-state index contributed by atoms with van der Waals surface area (Å²) >= 11 is 12.1. The molecule has 0 saturated heterocycles. The summed E-state index contributed by atoms with van der Waals surface area (Å²) in [5.74, 6) is -1.64. The Morgan fingerprint density at radius 2 is 1.19 bits per heavy atom. The SMILES string of the molecule is Cc1cc(O)c(C(c2cc(Cl)cc(Cl)c2)c2c(O)cc(C)oc2=O)c(=O)o1. The Bertz CT molecular complexity index is 1060. The Labute approximate surface area is 163 Å². The lowest BCUT2D eigenvalue weighted by Crippen LogP contribution is -2.21. The van der Waals surface area contributed by atoms with Gasteiger partial charge in [-0.3, -0.25) is 0 Å². The molecule has 1 aromatic carbocycles. The topological polar surface area (TPSA) is 101 Å². The normalized spacial score (nSPS) is 11.1. The first-order chi connectivity index (χ1) is 12.7. The van der Waals surface area contributed by atoms with Gasteiger partial charge in [-0.2, -0.15) is 0 Å². The number of benzene rings is 1. The maximum absolute atomic E-state index is 12.5. The van der Waals surface area contributed by atoms with Crippen LogP contribution in [-0.4, -0.2) is 10.2 Å². The molecule has 0 radical (unpaired) electrons. The highest BCUT2D eigenvalue weighted by molar-refractivity contribution is 6.34. The summed E-state index contributed by atoms with van der Waals surface area (Å²) in [7, 11) is 0.